The molecule has 0 aromatic heterocycles. The van der Waals surface area contributed by atoms with E-state index in [0.717, 1.165) is 30.7 Å². The Balaban J connectivity index is 1.66. The zero-order valence-corrected chi connectivity index (χ0v) is 11.8. The van der Waals surface area contributed by atoms with Crippen LogP contribution in [-0.2, 0) is 6.42 Å². The highest BCUT2D eigenvalue weighted by atomic mass is 15.0. The van der Waals surface area contributed by atoms with E-state index >= 15 is 0 Å². The Morgan fingerprint density at radius 3 is 2.48 bits per heavy atom. The van der Waals surface area contributed by atoms with Gasteiger partial charge in [0.05, 0.1) is 5.73 Å². The van der Waals surface area contributed by atoms with Crippen molar-refractivity contribution < 1.29 is 0 Å². The number of nitrogens with one attached hydrogen (secondary N) is 1. The molecule has 3 nitrogen and oxygen atoms in total. The second-order valence-electron chi connectivity index (χ2n) is 5.22. The summed E-state index contributed by atoms with van der Waals surface area (Å²) in [6.07, 6.45) is 1.76. The average Bonchev–Trinajstić information content (AvgIpc) is 2.97. The molecule has 0 atom stereocenters. The van der Waals surface area contributed by atoms with Gasteiger partial charge in [-0.2, -0.15) is 0 Å². The molecule has 3 rings (SSSR count). The number of aliphatic imine (C=N–C) groups is 1. The lowest BCUT2D eigenvalue weighted by Gasteiger charge is -2.08. The SMILES string of the molecule is N#CB1CCN=C1Nc1ccc(Cc2ccccc2)cc1. The zero-order chi connectivity index (χ0) is 14.5. The number of hydrogen-bond donors (Lipinski definition) is 1. The maximum absolute atomic E-state index is 9.05. The van der Waals surface area contributed by atoms with E-state index in [1.807, 2.05) is 18.2 Å². The first-order valence-electron chi connectivity index (χ1n) is 7.19. The molecule has 1 N–H and O–H groups in total. The van der Waals surface area contributed by atoms with Crippen LogP contribution in [-0.4, -0.2) is 19.0 Å². The molecule has 21 heavy (non-hydrogen) atoms. The summed E-state index contributed by atoms with van der Waals surface area (Å²) in [5.74, 6) is 2.29. The second kappa shape index (κ2) is 6.28. The lowest BCUT2D eigenvalue weighted by molar-refractivity contribution is 1.15. The first-order chi connectivity index (χ1) is 10.3. The smallest absolute Gasteiger partial charge is 0.344 e. The van der Waals surface area contributed by atoms with E-state index in [-0.39, 0.29) is 6.71 Å². The summed E-state index contributed by atoms with van der Waals surface area (Å²) < 4.78 is 0. The van der Waals surface area contributed by atoms with Crippen LogP contribution in [0.5, 0.6) is 0 Å². The predicted molar refractivity (Wildman–Crippen MR) is 87.8 cm³/mol. The molecule has 0 spiro atoms. The van der Waals surface area contributed by atoms with Crippen molar-refractivity contribution in [2.45, 2.75) is 12.7 Å². The first-order valence-corrected chi connectivity index (χ1v) is 7.19. The Labute approximate surface area is 125 Å². The van der Waals surface area contributed by atoms with Crippen LogP contribution in [0.15, 0.2) is 59.6 Å². The van der Waals surface area contributed by atoms with Crippen molar-refractivity contribution in [3.63, 3.8) is 0 Å². The van der Waals surface area contributed by atoms with Gasteiger partial charge >= 0.3 is 6.71 Å². The highest BCUT2D eigenvalue weighted by molar-refractivity contribution is 6.98. The van der Waals surface area contributed by atoms with E-state index in [2.05, 4.69) is 52.7 Å². The van der Waals surface area contributed by atoms with Gasteiger partial charge in [-0.15, -0.1) is 0 Å². The van der Waals surface area contributed by atoms with Gasteiger partial charge in [0.15, 0.2) is 0 Å². The van der Waals surface area contributed by atoms with Crippen LogP contribution in [0, 0.1) is 11.2 Å². The second-order valence-corrected chi connectivity index (χ2v) is 5.22. The van der Waals surface area contributed by atoms with Gasteiger partial charge in [0, 0.05) is 18.2 Å². The number of nitriles is 1. The monoisotopic (exact) mass is 273 g/mol. The molecular weight excluding hydrogens is 257 g/mol. The molecule has 0 fully saturated rings. The lowest BCUT2D eigenvalue weighted by atomic mass is 9.49. The largest absolute Gasteiger partial charge is 0.351 e. The lowest BCUT2D eigenvalue weighted by Crippen LogP contribution is -2.27. The van der Waals surface area contributed by atoms with Gasteiger partial charge in [-0.05, 0) is 36.0 Å². The summed E-state index contributed by atoms with van der Waals surface area (Å²) in [6.45, 7) is 0.654. The van der Waals surface area contributed by atoms with Gasteiger partial charge < -0.3 is 5.32 Å². The maximum Gasteiger partial charge on any atom is 0.344 e. The van der Waals surface area contributed by atoms with Gasteiger partial charge in [0.1, 0.15) is 0 Å². The molecule has 1 aliphatic rings. The van der Waals surface area contributed by atoms with Crippen LogP contribution in [0.4, 0.5) is 5.69 Å². The summed E-state index contributed by atoms with van der Waals surface area (Å²) in [6, 6.07) is 18.8. The number of nitrogens with zero attached hydrogens (tertiary/aromatic N) is 2. The van der Waals surface area contributed by atoms with Crippen LogP contribution in [0.1, 0.15) is 11.1 Å². The average molecular weight is 273 g/mol. The summed E-state index contributed by atoms with van der Waals surface area (Å²) in [7, 11) is 0. The third-order valence-corrected chi connectivity index (χ3v) is 3.66. The minimum Gasteiger partial charge on any atom is -0.351 e. The third-order valence-electron chi connectivity index (χ3n) is 3.66. The van der Waals surface area contributed by atoms with Crippen molar-refractivity contribution in [3.05, 3.63) is 65.7 Å². The van der Waals surface area contributed by atoms with Crippen molar-refractivity contribution >= 4 is 18.1 Å². The van der Waals surface area contributed by atoms with E-state index < -0.39 is 0 Å². The fourth-order valence-electron chi connectivity index (χ4n) is 2.50. The van der Waals surface area contributed by atoms with Crippen molar-refractivity contribution in [1.29, 1.82) is 5.26 Å². The summed E-state index contributed by atoms with van der Waals surface area (Å²) in [5, 5.41) is 12.3. The van der Waals surface area contributed by atoms with E-state index in [1.54, 1.807) is 0 Å². The molecular formula is C17H16BN3. The number of benzene rings is 2. The van der Waals surface area contributed by atoms with Crippen LogP contribution in [0.3, 0.4) is 0 Å². The number of hydrogen-bond acceptors (Lipinski definition) is 3. The molecule has 1 aliphatic heterocycles. The third kappa shape index (κ3) is 3.32. The van der Waals surface area contributed by atoms with Gasteiger partial charge in [0.2, 0.25) is 0 Å². The Bertz CT molecular complexity index is 671. The molecule has 1 heterocycles. The number of rotatable bonds is 3. The van der Waals surface area contributed by atoms with Crippen molar-refractivity contribution in [2.75, 3.05) is 11.9 Å². The molecule has 0 aliphatic carbocycles. The molecule has 0 radical (unpaired) electrons. The van der Waals surface area contributed by atoms with E-state index in [9.17, 15) is 0 Å². The fraction of sp³-hybridized carbons (Fsp3) is 0.176. The van der Waals surface area contributed by atoms with E-state index in [1.165, 1.54) is 11.1 Å². The molecule has 0 bridgehead atoms. The van der Waals surface area contributed by atoms with E-state index in [0.29, 0.717) is 0 Å². The standard InChI is InChI=1S/C17H16BN3/c19-13-18-10-11-20-17(18)21-16-8-6-15(7-9-16)12-14-4-2-1-3-5-14/h1-9H,10-12H2,(H,20,21). The minimum atomic E-state index is -0.0889. The topological polar surface area (TPSA) is 48.2 Å². The van der Waals surface area contributed by atoms with Crippen LogP contribution in [0.25, 0.3) is 0 Å². The zero-order valence-electron chi connectivity index (χ0n) is 11.8. The van der Waals surface area contributed by atoms with Crippen LogP contribution < -0.4 is 5.32 Å². The quantitative estimate of drug-likeness (QED) is 0.873. The molecule has 2 aromatic carbocycles. The fourth-order valence-corrected chi connectivity index (χ4v) is 2.50. The highest BCUT2D eigenvalue weighted by Gasteiger charge is 2.25. The molecule has 0 saturated heterocycles. The molecule has 4 heteroatoms. The highest BCUT2D eigenvalue weighted by Crippen LogP contribution is 2.15. The van der Waals surface area contributed by atoms with Crippen molar-refractivity contribution in [3.8, 4) is 5.97 Å². The van der Waals surface area contributed by atoms with Gasteiger partial charge in [0.25, 0.3) is 0 Å². The summed E-state index contributed by atoms with van der Waals surface area (Å²) in [4.78, 5) is 4.36. The Morgan fingerprint density at radius 2 is 1.76 bits per heavy atom. The number of amidine groups is 1. The first kappa shape index (κ1) is 13.4. The van der Waals surface area contributed by atoms with E-state index in [4.69, 9.17) is 5.26 Å². The normalized spacial score (nSPS) is 13.7. The van der Waals surface area contributed by atoms with Crippen LogP contribution >= 0.6 is 0 Å². The molecule has 0 amide bonds. The molecule has 0 saturated carbocycles. The van der Waals surface area contributed by atoms with Gasteiger partial charge in [-0.1, -0.05) is 42.5 Å². The minimum absolute atomic E-state index is 0.0889. The van der Waals surface area contributed by atoms with Crippen LogP contribution in [0.2, 0.25) is 6.32 Å². The predicted octanol–water partition coefficient (Wildman–Crippen LogP) is 3.20. The van der Waals surface area contributed by atoms with Crippen molar-refractivity contribution in [2.24, 2.45) is 4.99 Å². The Hall–Kier alpha value is -2.54. The Morgan fingerprint density at radius 1 is 1.05 bits per heavy atom. The molecule has 0 unspecified atom stereocenters. The Kier molecular flexibility index (Phi) is 4.02. The molecule has 102 valence electrons. The summed E-state index contributed by atoms with van der Waals surface area (Å²) in [5.41, 5.74) is 4.38. The summed E-state index contributed by atoms with van der Waals surface area (Å²) >= 11 is 0. The number of anilines is 1. The maximum atomic E-state index is 9.05. The van der Waals surface area contributed by atoms with Gasteiger partial charge in [-0.25, -0.2) is 5.26 Å². The molecule has 2 aromatic rings. The van der Waals surface area contributed by atoms with Crippen molar-refractivity contribution in [1.82, 2.24) is 0 Å². The van der Waals surface area contributed by atoms with Gasteiger partial charge in [-0.3, -0.25) is 4.99 Å².